The number of benzene rings is 1. The highest BCUT2D eigenvalue weighted by molar-refractivity contribution is 5.65. The lowest BCUT2D eigenvalue weighted by Crippen LogP contribution is -2.53. The van der Waals surface area contributed by atoms with Crippen molar-refractivity contribution in [2.24, 2.45) is 5.92 Å². The van der Waals surface area contributed by atoms with Crippen LogP contribution in [-0.4, -0.2) is 72.6 Å². The fourth-order valence-corrected chi connectivity index (χ4v) is 8.65. The smallest absolute Gasteiger partial charge is 0.318 e. The van der Waals surface area contributed by atoms with E-state index in [9.17, 15) is 9.65 Å². The van der Waals surface area contributed by atoms with Gasteiger partial charge in [-0.2, -0.15) is 15.2 Å². The second-order valence-electron chi connectivity index (χ2n) is 12.9. The van der Waals surface area contributed by atoms with Crippen LogP contribution in [0.3, 0.4) is 0 Å². The average Bonchev–Trinajstić information content (AvgIpc) is 3.32. The number of alkyl halides is 1. The highest BCUT2D eigenvalue weighted by atomic mass is 19.1. The van der Waals surface area contributed by atoms with Crippen LogP contribution in [-0.2, 0) is 28.1 Å². The second kappa shape index (κ2) is 9.51. The Morgan fingerprint density at radius 2 is 2.07 bits per heavy atom. The minimum atomic E-state index is -0.813. The van der Waals surface area contributed by atoms with E-state index in [4.69, 9.17) is 29.9 Å². The van der Waals surface area contributed by atoms with Crippen LogP contribution in [0.1, 0.15) is 72.4 Å². The first-order valence-corrected chi connectivity index (χ1v) is 15.2. The topological polar surface area (TPSA) is 110 Å². The number of nitrogens with zero attached hydrogens (tertiary/aromatic N) is 5. The zero-order valence-corrected chi connectivity index (χ0v) is 23.4. The number of rotatable bonds is 4. The molecule has 0 radical (unpaired) electrons. The summed E-state index contributed by atoms with van der Waals surface area (Å²) >= 11 is 0. The van der Waals surface area contributed by atoms with Gasteiger partial charge in [0.15, 0.2) is 0 Å². The SMILES string of the molecule is N#Cc1c(N)ccc2c1[C@@]1(Cc3nc(OC[C@@]45CCCN4C[C@H](F)C5)nc(N4CCCOCC4)c3CO1)C1CC2C1. The molecule has 10 heteroatoms. The van der Waals surface area contributed by atoms with Crippen molar-refractivity contribution < 1.29 is 18.6 Å². The molecule has 9 rings (SSSR count). The molecule has 41 heavy (non-hydrogen) atoms. The first-order chi connectivity index (χ1) is 20.0. The zero-order chi connectivity index (χ0) is 27.8. The van der Waals surface area contributed by atoms with Crippen LogP contribution in [0.5, 0.6) is 6.01 Å². The van der Waals surface area contributed by atoms with Gasteiger partial charge >= 0.3 is 6.01 Å². The molecule has 5 heterocycles. The first-order valence-electron chi connectivity index (χ1n) is 15.2. The van der Waals surface area contributed by atoms with E-state index in [1.54, 1.807) is 0 Å². The fourth-order valence-electron chi connectivity index (χ4n) is 8.65. The zero-order valence-electron chi connectivity index (χ0n) is 23.4. The third-order valence-corrected chi connectivity index (χ3v) is 10.7. The number of anilines is 2. The van der Waals surface area contributed by atoms with E-state index < -0.39 is 11.8 Å². The van der Waals surface area contributed by atoms with Gasteiger partial charge in [-0.1, -0.05) is 6.07 Å². The van der Waals surface area contributed by atoms with Gasteiger partial charge in [0.1, 0.15) is 30.3 Å². The van der Waals surface area contributed by atoms with Crippen molar-refractivity contribution in [3.05, 3.63) is 40.1 Å². The number of nitrogen functional groups attached to an aromatic ring is 1. The summed E-state index contributed by atoms with van der Waals surface area (Å²) in [6, 6.07) is 6.70. The summed E-state index contributed by atoms with van der Waals surface area (Å²) in [5.41, 5.74) is 10.5. The van der Waals surface area contributed by atoms with E-state index in [2.05, 4.69) is 21.9 Å². The largest absolute Gasteiger partial charge is 0.461 e. The number of ether oxygens (including phenoxy) is 3. The molecule has 0 unspecified atom stereocenters. The minimum absolute atomic E-state index is 0.276. The van der Waals surface area contributed by atoms with Gasteiger partial charge < -0.3 is 24.8 Å². The molecule has 216 valence electrons. The fraction of sp³-hybridized carbons (Fsp3) is 0.645. The highest BCUT2D eigenvalue weighted by Gasteiger charge is 2.58. The van der Waals surface area contributed by atoms with Gasteiger partial charge in [0.2, 0.25) is 0 Å². The van der Waals surface area contributed by atoms with Crippen molar-refractivity contribution in [3.8, 4) is 12.1 Å². The molecular weight excluding hydrogens is 523 g/mol. The highest BCUT2D eigenvalue weighted by Crippen LogP contribution is 2.62. The predicted molar refractivity (Wildman–Crippen MR) is 149 cm³/mol. The summed E-state index contributed by atoms with van der Waals surface area (Å²) in [5, 5.41) is 10.2. The first kappa shape index (κ1) is 25.7. The molecule has 2 aromatic rings. The summed E-state index contributed by atoms with van der Waals surface area (Å²) in [5.74, 6) is 1.61. The van der Waals surface area contributed by atoms with Gasteiger partial charge in [-0.05, 0) is 62.1 Å². The Labute approximate surface area is 239 Å². The lowest BCUT2D eigenvalue weighted by Gasteiger charge is -2.57. The van der Waals surface area contributed by atoms with E-state index >= 15 is 0 Å². The van der Waals surface area contributed by atoms with Crippen LogP contribution >= 0.6 is 0 Å². The van der Waals surface area contributed by atoms with Crippen LogP contribution in [0.2, 0.25) is 0 Å². The van der Waals surface area contributed by atoms with E-state index in [0.29, 0.717) is 68.3 Å². The Kier molecular flexibility index (Phi) is 5.96. The molecule has 3 aliphatic carbocycles. The number of hydrogen-bond donors (Lipinski definition) is 1. The van der Waals surface area contributed by atoms with Gasteiger partial charge in [0.05, 0.1) is 30.0 Å². The van der Waals surface area contributed by atoms with Gasteiger partial charge in [-0.3, -0.25) is 4.90 Å². The quantitative estimate of drug-likeness (QED) is 0.561. The summed E-state index contributed by atoms with van der Waals surface area (Å²) in [4.78, 5) is 14.5. The third-order valence-electron chi connectivity index (χ3n) is 10.7. The number of fused-ring (bicyclic) bond motifs is 2. The van der Waals surface area contributed by atoms with Crippen LogP contribution in [0.15, 0.2) is 12.1 Å². The van der Waals surface area contributed by atoms with Gasteiger partial charge in [0.25, 0.3) is 0 Å². The average molecular weight is 561 g/mol. The lowest BCUT2D eigenvalue weighted by molar-refractivity contribution is -0.151. The number of aromatic nitrogens is 2. The molecule has 3 saturated heterocycles. The molecule has 4 fully saturated rings. The van der Waals surface area contributed by atoms with Crippen molar-refractivity contribution in [1.29, 1.82) is 5.26 Å². The molecule has 1 aromatic heterocycles. The summed E-state index contributed by atoms with van der Waals surface area (Å²) in [6.45, 7) is 5.09. The Hall–Kier alpha value is -3.00. The Morgan fingerprint density at radius 3 is 2.95 bits per heavy atom. The maximum atomic E-state index is 14.4. The van der Waals surface area contributed by atoms with Crippen molar-refractivity contribution in [2.45, 2.75) is 74.8 Å². The molecular formula is C31H37FN6O3. The lowest BCUT2D eigenvalue weighted by atomic mass is 9.53. The molecule has 7 aliphatic rings. The van der Waals surface area contributed by atoms with Gasteiger partial charge in [-0.25, -0.2) is 4.39 Å². The summed E-state index contributed by atoms with van der Waals surface area (Å²) < 4.78 is 33.5. The maximum absolute atomic E-state index is 14.4. The Bertz CT molecular complexity index is 1420. The molecule has 2 N–H and O–H groups in total. The van der Waals surface area contributed by atoms with Crippen molar-refractivity contribution in [3.63, 3.8) is 0 Å². The number of halogens is 1. The van der Waals surface area contributed by atoms with E-state index in [0.717, 1.165) is 81.0 Å². The van der Waals surface area contributed by atoms with Crippen LogP contribution in [0, 0.1) is 17.2 Å². The normalized spacial score (nSPS) is 33.9. The molecule has 4 aliphatic heterocycles. The van der Waals surface area contributed by atoms with Gasteiger partial charge in [0, 0.05) is 55.9 Å². The minimum Gasteiger partial charge on any atom is -0.461 e. The molecule has 1 saturated carbocycles. The number of hydrogen-bond acceptors (Lipinski definition) is 9. The predicted octanol–water partition coefficient (Wildman–Crippen LogP) is 3.59. The molecule has 0 amide bonds. The summed E-state index contributed by atoms with van der Waals surface area (Å²) in [7, 11) is 0. The molecule has 9 nitrogen and oxygen atoms in total. The van der Waals surface area contributed by atoms with Crippen LogP contribution < -0.4 is 15.4 Å². The second-order valence-corrected chi connectivity index (χ2v) is 12.9. The van der Waals surface area contributed by atoms with E-state index in [-0.39, 0.29) is 5.54 Å². The maximum Gasteiger partial charge on any atom is 0.318 e. The Morgan fingerprint density at radius 1 is 1.17 bits per heavy atom. The standard InChI is InChI=1S/C31H37FN6O3/c32-21-13-30(5-1-7-38(30)16-21)18-40-29-35-26-14-31(41-17-24(26)28(36-29)37-6-2-9-39-10-8-37)20-11-19(12-20)22-3-4-25(34)23(15-33)27(22)31/h3-4,19-21H,1-2,5-14,16-18,34H2/t19?,20?,21-,30+,31-/m1/s1. The summed E-state index contributed by atoms with van der Waals surface area (Å²) in [6.07, 6.45) is 5.24. The van der Waals surface area contributed by atoms with E-state index in [1.807, 2.05) is 6.07 Å². The Balaban J connectivity index is 1.19. The number of nitriles is 1. The van der Waals surface area contributed by atoms with Crippen LogP contribution in [0.25, 0.3) is 0 Å². The monoisotopic (exact) mass is 560 g/mol. The van der Waals surface area contributed by atoms with Crippen molar-refractivity contribution >= 4 is 11.5 Å². The van der Waals surface area contributed by atoms with Crippen molar-refractivity contribution in [1.82, 2.24) is 14.9 Å². The molecule has 2 bridgehead atoms. The van der Waals surface area contributed by atoms with Gasteiger partial charge in [-0.15, -0.1) is 0 Å². The molecule has 1 spiro atoms. The van der Waals surface area contributed by atoms with E-state index in [1.165, 1.54) is 5.56 Å². The number of nitrogens with two attached hydrogens (primary N) is 1. The molecule has 3 atom stereocenters. The van der Waals surface area contributed by atoms with Crippen LogP contribution in [0.4, 0.5) is 15.9 Å². The molecule has 1 aromatic carbocycles. The van der Waals surface area contributed by atoms with Crippen molar-refractivity contribution in [2.75, 3.05) is 56.6 Å². The third kappa shape index (κ3) is 3.89.